The second kappa shape index (κ2) is 7.30. The van der Waals surface area contributed by atoms with Crippen molar-refractivity contribution in [3.63, 3.8) is 0 Å². The first-order valence-electron chi connectivity index (χ1n) is 12.2. The molecule has 3 heteroatoms. The number of pyridine rings is 1. The molecule has 0 radical (unpaired) electrons. The van der Waals surface area contributed by atoms with E-state index in [-0.39, 0.29) is 0 Å². The summed E-state index contributed by atoms with van der Waals surface area (Å²) in [7, 11) is 0. The molecule has 168 valence electrons. The lowest BCUT2D eigenvalue weighted by atomic mass is 10.1. The molecule has 0 saturated heterocycles. The van der Waals surface area contributed by atoms with Crippen molar-refractivity contribution >= 4 is 54.5 Å². The SMILES string of the molecule is c1ccc(-n2c3ccccc3c3cc4c5ccccc5n(-c5ccc6ccccc6n5)c4cc32)cc1. The molecule has 0 saturated carbocycles. The summed E-state index contributed by atoms with van der Waals surface area (Å²) in [5.74, 6) is 0.932. The second-order valence-electron chi connectivity index (χ2n) is 9.29. The standard InChI is InChI=1S/C33H21N3/c1-2-11-23(12-3-1)35-29-16-8-5-13-24(29)26-20-27-25-14-6-9-17-30(25)36(32(27)21-31(26)35)33-19-18-22-10-4-7-15-28(22)34-33/h1-21H. The Morgan fingerprint density at radius 1 is 0.417 bits per heavy atom. The van der Waals surface area contributed by atoms with E-state index >= 15 is 0 Å². The Kier molecular flexibility index (Phi) is 3.94. The number of para-hydroxylation sites is 4. The lowest BCUT2D eigenvalue weighted by Crippen LogP contribution is -1.98. The number of hydrogen-bond acceptors (Lipinski definition) is 1. The van der Waals surface area contributed by atoms with Gasteiger partial charge in [-0.3, -0.25) is 4.57 Å². The van der Waals surface area contributed by atoms with E-state index in [1.807, 2.05) is 6.07 Å². The molecule has 0 amide bonds. The molecule has 0 N–H and O–H groups in total. The van der Waals surface area contributed by atoms with Crippen LogP contribution < -0.4 is 0 Å². The number of benzene rings is 5. The minimum atomic E-state index is 0.932. The molecule has 5 aromatic carbocycles. The minimum absolute atomic E-state index is 0.932. The number of hydrogen-bond donors (Lipinski definition) is 0. The van der Waals surface area contributed by atoms with Crippen molar-refractivity contribution in [2.75, 3.05) is 0 Å². The molecule has 0 aliphatic rings. The molecule has 0 aliphatic carbocycles. The maximum absolute atomic E-state index is 5.08. The first-order valence-corrected chi connectivity index (χ1v) is 12.2. The van der Waals surface area contributed by atoms with E-state index < -0.39 is 0 Å². The molecule has 0 unspecified atom stereocenters. The van der Waals surface area contributed by atoms with Crippen LogP contribution in [0.5, 0.6) is 0 Å². The van der Waals surface area contributed by atoms with Crippen molar-refractivity contribution in [2.24, 2.45) is 0 Å². The predicted octanol–water partition coefficient (Wildman–Crippen LogP) is 8.43. The van der Waals surface area contributed by atoms with Gasteiger partial charge in [0.2, 0.25) is 0 Å². The van der Waals surface area contributed by atoms with Crippen LogP contribution in [-0.2, 0) is 0 Å². The molecule has 0 fully saturated rings. The summed E-state index contributed by atoms with van der Waals surface area (Å²) in [5, 5.41) is 6.15. The van der Waals surface area contributed by atoms with Gasteiger partial charge in [0.05, 0.1) is 27.6 Å². The van der Waals surface area contributed by atoms with Crippen LogP contribution in [0.15, 0.2) is 127 Å². The molecular formula is C33H21N3. The largest absolute Gasteiger partial charge is 0.309 e. The molecule has 0 bridgehead atoms. The Hall–Kier alpha value is -4.89. The highest BCUT2D eigenvalue weighted by molar-refractivity contribution is 6.19. The third-order valence-electron chi connectivity index (χ3n) is 7.29. The first-order chi connectivity index (χ1) is 17.9. The number of aromatic nitrogens is 3. The Labute approximate surface area is 207 Å². The summed E-state index contributed by atoms with van der Waals surface area (Å²) in [6.07, 6.45) is 0. The van der Waals surface area contributed by atoms with Gasteiger partial charge in [0.25, 0.3) is 0 Å². The average Bonchev–Trinajstić information content (AvgIpc) is 3.44. The van der Waals surface area contributed by atoms with E-state index in [2.05, 4.69) is 130 Å². The van der Waals surface area contributed by atoms with Crippen LogP contribution in [0, 0.1) is 0 Å². The monoisotopic (exact) mass is 459 g/mol. The van der Waals surface area contributed by atoms with Crippen molar-refractivity contribution in [1.82, 2.24) is 14.1 Å². The van der Waals surface area contributed by atoms with Gasteiger partial charge in [-0.1, -0.05) is 72.8 Å². The van der Waals surface area contributed by atoms with E-state index in [1.54, 1.807) is 0 Å². The average molecular weight is 460 g/mol. The number of fused-ring (bicyclic) bond motifs is 7. The number of rotatable bonds is 2. The first kappa shape index (κ1) is 19.4. The fourth-order valence-corrected chi connectivity index (χ4v) is 5.71. The molecule has 3 nitrogen and oxygen atoms in total. The van der Waals surface area contributed by atoms with Gasteiger partial charge in [-0.2, -0.15) is 0 Å². The van der Waals surface area contributed by atoms with Crippen molar-refractivity contribution in [3.8, 4) is 11.5 Å². The van der Waals surface area contributed by atoms with E-state index in [4.69, 9.17) is 4.98 Å². The van der Waals surface area contributed by atoms with Gasteiger partial charge in [0, 0.05) is 32.6 Å². The summed E-state index contributed by atoms with van der Waals surface area (Å²) >= 11 is 0. The van der Waals surface area contributed by atoms with Gasteiger partial charge >= 0.3 is 0 Å². The van der Waals surface area contributed by atoms with Gasteiger partial charge in [-0.15, -0.1) is 0 Å². The van der Waals surface area contributed by atoms with Crippen molar-refractivity contribution in [1.29, 1.82) is 0 Å². The lowest BCUT2D eigenvalue weighted by molar-refractivity contribution is 1.10. The lowest BCUT2D eigenvalue weighted by Gasteiger charge is -2.10. The van der Waals surface area contributed by atoms with Gasteiger partial charge in [0.15, 0.2) is 0 Å². The van der Waals surface area contributed by atoms with Crippen LogP contribution in [0.2, 0.25) is 0 Å². The third kappa shape index (κ3) is 2.65. The minimum Gasteiger partial charge on any atom is -0.309 e. The highest BCUT2D eigenvalue weighted by atomic mass is 15.1. The zero-order valence-corrected chi connectivity index (χ0v) is 19.5. The van der Waals surface area contributed by atoms with Crippen LogP contribution in [-0.4, -0.2) is 14.1 Å². The molecular weight excluding hydrogens is 438 g/mol. The Balaban J connectivity index is 1.55. The molecule has 8 rings (SSSR count). The summed E-state index contributed by atoms with van der Waals surface area (Å²) in [5.41, 5.74) is 6.89. The summed E-state index contributed by atoms with van der Waals surface area (Å²) in [4.78, 5) is 5.08. The topological polar surface area (TPSA) is 22.8 Å². The smallest absolute Gasteiger partial charge is 0.138 e. The van der Waals surface area contributed by atoms with Gasteiger partial charge in [-0.25, -0.2) is 4.98 Å². The molecule has 3 aromatic heterocycles. The van der Waals surface area contributed by atoms with E-state index in [0.717, 1.165) is 27.9 Å². The van der Waals surface area contributed by atoms with Gasteiger partial charge in [-0.05, 0) is 54.6 Å². The summed E-state index contributed by atoms with van der Waals surface area (Å²) < 4.78 is 4.68. The highest BCUT2D eigenvalue weighted by Crippen LogP contribution is 2.39. The maximum Gasteiger partial charge on any atom is 0.138 e. The number of nitrogens with zero attached hydrogens (tertiary/aromatic N) is 3. The molecule has 3 heterocycles. The zero-order valence-electron chi connectivity index (χ0n) is 19.5. The normalized spacial score (nSPS) is 11.9. The predicted molar refractivity (Wildman–Crippen MR) is 150 cm³/mol. The van der Waals surface area contributed by atoms with Crippen molar-refractivity contribution in [3.05, 3.63) is 127 Å². The Morgan fingerprint density at radius 2 is 1.03 bits per heavy atom. The van der Waals surface area contributed by atoms with E-state index in [1.165, 1.54) is 38.1 Å². The second-order valence-corrected chi connectivity index (χ2v) is 9.29. The van der Waals surface area contributed by atoms with Crippen LogP contribution in [0.4, 0.5) is 0 Å². The molecule has 36 heavy (non-hydrogen) atoms. The fourth-order valence-electron chi connectivity index (χ4n) is 5.71. The zero-order chi connectivity index (χ0) is 23.6. The fraction of sp³-hybridized carbons (Fsp3) is 0. The Bertz CT molecular complexity index is 2100. The van der Waals surface area contributed by atoms with Crippen molar-refractivity contribution < 1.29 is 0 Å². The van der Waals surface area contributed by atoms with E-state index in [9.17, 15) is 0 Å². The molecule has 0 aliphatic heterocycles. The summed E-state index contributed by atoms with van der Waals surface area (Å²) in [6, 6.07) is 45.3. The van der Waals surface area contributed by atoms with Crippen LogP contribution >= 0.6 is 0 Å². The molecule has 0 spiro atoms. The van der Waals surface area contributed by atoms with Crippen molar-refractivity contribution in [2.45, 2.75) is 0 Å². The molecule has 0 atom stereocenters. The van der Waals surface area contributed by atoms with E-state index in [0.29, 0.717) is 0 Å². The Morgan fingerprint density at radius 3 is 1.81 bits per heavy atom. The van der Waals surface area contributed by atoms with Crippen LogP contribution in [0.1, 0.15) is 0 Å². The van der Waals surface area contributed by atoms with Crippen LogP contribution in [0.25, 0.3) is 66.0 Å². The van der Waals surface area contributed by atoms with Gasteiger partial charge in [0.1, 0.15) is 5.82 Å². The van der Waals surface area contributed by atoms with Gasteiger partial charge < -0.3 is 4.57 Å². The summed E-state index contributed by atoms with van der Waals surface area (Å²) in [6.45, 7) is 0. The maximum atomic E-state index is 5.08. The molecule has 8 aromatic rings. The highest BCUT2D eigenvalue weighted by Gasteiger charge is 2.18. The van der Waals surface area contributed by atoms with Crippen LogP contribution in [0.3, 0.4) is 0 Å². The quantitative estimate of drug-likeness (QED) is 0.254. The third-order valence-corrected chi connectivity index (χ3v) is 7.29.